The molecule has 0 amide bonds. The Morgan fingerprint density at radius 3 is 2.50 bits per heavy atom. The van der Waals surface area contributed by atoms with Gasteiger partial charge in [0, 0.05) is 6.04 Å². The number of nitrogens with one attached hydrogen (secondary N) is 1. The Kier molecular flexibility index (Phi) is 3.78. The molecule has 1 heterocycles. The fourth-order valence-electron chi connectivity index (χ4n) is 3.12. The summed E-state index contributed by atoms with van der Waals surface area (Å²) in [6.45, 7) is 2.43. The van der Waals surface area contributed by atoms with E-state index in [1.54, 1.807) is 0 Å². The molecule has 0 bridgehead atoms. The molecule has 0 radical (unpaired) electrons. The van der Waals surface area contributed by atoms with Crippen molar-refractivity contribution in [3.8, 4) is 0 Å². The molecule has 2 rings (SSSR count). The van der Waals surface area contributed by atoms with Crippen LogP contribution >= 0.6 is 11.8 Å². The lowest BCUT2D eigenvalue weighted by atomic mass is 9.75. The molecule has 1 aliphatic heterocycles. The Labute approximate surface area is 92.4 Å². The molecular formula is C12H23NS. The van der Waals surface area contributed by atoms with Gasteiger partial charge in [0.2, 0.25) is 0 Å². The van der Waals surface area contributed by atoms with Gasteiger partial charge in [0.05, 0.1) is 0 Å². The van der Waals surface area contributed by atoms with Crippen LogP contribution in [0.15, 0.2) is 0 Å². The van der Waals surface area contributed by atoms with E-state index in [0.29, 0.717) is 0 Å². The summed E-state index contributed by atoms with van der Waals surface area (Å²) in [6, 6.07) is 0.819. The minimum atomic E-state index is 0.819. The van der Waals surface area contributed by atoms with Crippen LogP contribution in [-0.4, -0.2) is 24.6 Å². The van der Waals surface area contributed by atoms with Crippen molar-refractivity contribution >= 4 is 11.8 Å². The van der Waals surface area contributed by atoms with Crippen molar-refractivity contribution < 1.29 is 0 Å². The lowest BCUT2D eigenvalue weighted by Gasteiger charge is -2.41. The lowest BCUT2D eigenvalue weighted by molar-refractivity contribution is 0.195. The van der Waals surface area contributed by atoms with Gasteiger partial charge in [-0.05, 0) is 49.1 Å². The van der Waals surface area contributed by atoms with Gasteiger partial charge in [-0.25, -0.2) is 0 Å². The second-order valence-electron chi connectivity index (χ2n) is 5.14. The Morgan fingerprint density at radius 2 is 2.00 bits per heavy atom. The third-order valence-corrected chi connectivity index (χ3v) is 5.32. The van der Waals surface area contributed by atoms with E-state index in [-0.39, 0.29) is 0 Å². The monoisotopic (exact) mass is 213 g/mol. The van der Waals surface area contributed by atoms with Crippen molar-refractivity contribution in [2.45, 2.75) is 38.6 Å². The van der Waals surface area contributed by atoms with Gasteiger partial charge in [-0.2, -0.15) is 11.8 Å². The van der Waals surface area contributed by atoms with E-state index in [4.69, 9.17) is 0 Å². The number of hydrogen-bond acceptors (Lipinski definition) is 2. The van der Waals surface area contributed by atoms with Crippen LogP contribution in [0, 0.1) is 17.8 Å². The number of thioether (sulfide) groups is 1. The maximum Gasteiger partial charge on any atom is 0.0136 e. The summed E-state index contributed by atoms with van der Waals surface area (Å²) in [5.41, 5.74) is 0. The van der Waals surface area contributed by atoms with Gasteiger partial charge in [0.15, 0.2) is 0 Å². The molecular weight excluding hydrogens is 190 g/mol. The van der Waals surface area contributed by atoms with E-state index in [1.807, 2.05) is 0 Å². The average Bonchev–Trinajstić information content (AvgIpc) is 2.10. The first-order chi connectivity index (χ1) is 6.81. The highest BCUT2D eigenvalue weighted by Gasteiger charge is 2.34. The third kappa shape index (κ3) is 2.27. The fraction of sp³-hybridized carbons (Fsp3) is 1.00. The van der Waals surface area contributed by atoms with E-state index < -0.39 is 0 Å². The Balaban J connectivity index is 1.89. The summed E-state index contributed by atoms with van der Waals surface area (Å²) in [6.07, 6.45) is 5.86. The molecule has 82 valence electrons. The zero-order valence-electron chi connectivity index (χ0n) is 9.46. The summed E-state index contributed by atoms with van der Waals surface area (Å²) in [7, 11) is 2.16. The van der Waals surface area contributed by atoms with E-state index in [9.17, 15) is 0 Å². The molecule has 0 spiro atoms. The van der Waals surface area contributed by atoms with Crippen molar-refractivity contribution in [2.24, 2.45) is 17.8 Å². The molecule has 2 aliphatic rings. The van der Waals surface area contributed by atoms with Crippen molar-refractivity contribution in [1.82, 2.24) is 5.32 Å². The van der Waals surface area contributed by atoms with E-state index in [1.165, 1.54) is 37.2 Å². The Bertz CT molecular complexity index is 179. The maximum absolute atomic E-state index is 3.58. The van der Waals surface area contributed by atoms with E-state index in [0.717, 1.165) is 23.8 Å². The first-order valence-electron chi connectivity index (χ1n) is 6.06. The molecule has 3 unspecified atom stereocenters. The topological polar surface area (TPSA) is 12.0 Å². The maximum atomic E-state index is 3.58. The van der Waals surface area contributed by atoms with Crippen molar-refractivity contribution in [1.29, 1.82) is 0 Å². The lowest BCUT2D eigenvalue weighted by Crippen LogP contribution is -2.47. The predicted molar refractivity (Wildman–Crippen MR) is 64.8 cm³/mol. The molecule has 1 N–H and O–H groups in total. The van der Waals surface area contributed by atoms with Gasteiger partial charge in [-0.15, -0.1) is 0 Å². The van der Waals surface area contributed by atoms with Gasteiger partial charge in [-0.3, -0.25) is 0 Å². The molecule has 1 saturated carbocycles. The Hall–Kier alpha value is 0.310. The van der Waals surface area contributed by atoms with Crippen LogP contribution in [0.4, 0.5) is 0 Å². The van der Waals surface area contributed by atoms with Gasteiger partial charge in [0.1, 0.15) is 0 Å². The van der Waals surface area contributed by atoms with Crippen LogP contribution < -0.4 is 5.32 Å². The van der Waals surface area contributed by atoms with E-state index in [2.05, 4.69) is 31.1 Å². The largest absolute Gasteiger partial charge is 0.316 e. The average molecular weight is 213 g/mol. The van der Waals surface area contributed by atoms with E-state index >= 15 is 0 Å². The first-order valence-corrected chi connectivity index (χ1v) is 7.21. The minimum absolute atomic E-state index is 0.819. The summed E-state index contributed by atoms with van der Waals surface area (Å²) in [5, 5.41) is 3.58. The highest BCUT2D eigenvalue weighted by atomic mass is 32.2. The van der Waals surface area contributed by atoms with Gasteiger partial charge < -0.3 is 5.32 Å². The molecule has 14 heavy (non-hydrogen) atoms. The summed E-state index contributed by atoms with van der Waals surface area (Å²) >= 11 is 2.11. The molecule has 1 nitrogen and oxygen atoms in total. The Morgan fingerprint density at radius 1 is 1.21 bits per heavy atom. The number of rotatable bonds is 3. The molecule has 0 aromatic heterocycles. The van der Waals surface area contributed by atoms with Crippen LogP contribution in [0.25, 0.3) is 0 Å². The third-order valence-electron chi connectivity index (χ3n) is 3.99. The molecule has 0 aromatic carbocycles. The zero-order chi connectivity index (χ0) is 9.97. The molecule has 0 aromatic rings. The van der Waals surface area contributed by atoms with Crippen LogP contribution in [-0.2, 0) is 0 Å². The first kappa shape index (κ1) is 10.8. The summed E-state index contributed by atoms with van der Waals surface area (Å²) in [4.78, 5) is 0. The normalized spacial score (nSPS) is 36.4. The summed E-state index contributed by atoms with van der Waals surface area (Å²) < 4.78 is 0. The molecule has 1 aliphatic carbocycles. The van der Waals surface area contributed by atoms with Crippen LogP contribution in [0.2, 0.25) is 0 Å². The van der Waals surface area contributed by atoms with Gasteiger partial charge in [-0.1, -0.05) is 19.8 Å². The van der Waals surface area contributed by atoms with Gasteiger partial charge >= 0.3 is 0 Å². The van der Waals surface area contributed by atoms with Crippen LogP contribution in [0.5, 0.6) is 0 Å². The van der Waals surface area contributed by atoms with Crippen molar-refractivity contribution in [3.05, 3.63) is 0 Å². The smallest absolute Gasteiger partial charge is 0.0136 e. The zero-order valence-corrected chi connectivity index (χ0v) is 10.3. The molecule has 2 heteroatoms. The molecule has 3 atom stereocenters. The SMILES string of the molecule is CNC(C1CSC1)C1CCCC(C)C1. The minimum Gasteiger partial charge on any atom is -0.316 e. The molecule has 2 fully saturated rings. The van der Waals surface area contributed by atoms with Crippen molar-refractivity contribution in [2.75, 3.05) is 18.6 Å². The fourth-order valence-corrected chi connectivity index (χ4v) is 4.05. The highest BCUT2D eigenvalue weighted by molar-refractivity contribution is 8.00. The second kappa shape index (κ2) is 4.89. The van der Waals surface area contributed by atoms with Crippen molar-refractivity contribution in [3.63, 3.8) is 0 Å². The second-order valence-corrected chi connectivity index (χ2v) is 6.22. The van der Waals surface area contributed by atoms with Crippen LogP contribution in [0.3, 0.4) is 0 Å². The number of hydrogen-bond donors (Lipinski definition) is 1. The summed E-state index contributed by atoms with van der Waals surface area (Å²) in [5.74, 6) is 5.71. The quantitative estimate of drug-likeness (QED) is 0.773. The van der Waals surface area contributed by atoms with Crippen LogP contribution in [0.1, 0.15) is 32.6 Å². The van der Waals surface area contributed by atoms with Gasteiger partial charge in [0.25, 0.3) is 0 Å². The molecule has 1 saturated heterocycles. The predicted octanol–water partition coefficient (Wildman–Crippen LogP) is 2.76. The highest BCUT2D eigenvalue weighted by Crippen LogP contribution is 2.37. The standard InChI is InChI=1S/C12H23NS/c1-9-4-3-5-10(6-9)12(13-2)11-7-14-8-11/h9-13H,3-8H2,1-2H3.